The number of nitrogens with zero attached hydrogens (tertiary/aromatic N) is 2. The Morgan fingerprint density at radius 2 is 2.03 bits per heavy atom. The smallest absolute Gasteiger partial charge is 0.237 e. The van der Waals surface area contributed by atoms with Gasteiger partial charge in [0.1, 0.15) is 12.3 Å². The van der Waals surface area contributed by atoms with Crippen molar-refractivity contribution in [3.63, 3.8) is 0 Å². The lowest BCUT2D eigenvalue weighted by Gasteiger charge is -2.22. The molecular weight excluding hydrogens is 386 g/mol. The number of anilines is 1. The first-order chi connectivity index (χ1) is 14.0. The van der Waals surface area contributed by atoms with Crippen molar-refractivity contribution < 1.29 is 9.53 Å². The Labute approximate surface area is 174 Å². The number of benzene rings is 1. The number of allylic oxidation sites excluding steroid dienone is 3. The molecule has 0 radical (unpaired) electrons. The Hall–Kier alpha value is -2.92. The van der Waals surface area contributed by atoms with Crippen molar-refractivity contribution in [3.05, 3.63) is 57.9 Å². The molecule has 2 aliphatic heterocycles. The lowest BCUT2D eigenvalue weighted by atomic mass is 9.95. The molecule has 1 aromatic carbocycles. The molecule has 2 aromatic rings. The summed E-state index contributed by atoms with van der Waals surface area (Å²) in [5.74, 6) is 0.739. The third-order valence-corrected chi connectivity index (χ3v) is 5.92. The van der Waals surface area contributed by atoms with Crippen LogP contribution in [0.25, 0.3) is 16.7 Å². The molecule has 5 nitrogen and oxygen atoms in total. The fourth-order valence-corrected chi connectivity index (χ4v) is 4.43. The van der Waals surface area contributed by atoms with Crippen molar-refractivity contribution in [2.45, 2.75) is 26.7 Å². The third kappa shape index (κ3) is 3.06. The first-order valence-corrected chi connectivity index (χ1v) is 10.1. The van der Waals surface area contributed by atoms with E-state index < -0.39 is 0 Å². The van der Waals surface area contributed by atoms with E-state index in [1.807, 2.05) is 38.3 Å². The standard InChI is InChI=1S/C23H20ClN3O2/c1-12-5-14(10-26-12)6-18-16-9-17(20(24)7-15(16)8-21(18)28)19-11-27-23-22(13(19)2)25-3-4-29-23/h6-7,9-11,25H,3-5,8H2,1-2H3/b18-6-. The largest absolute Gasteiger partial charge is 0.474 e. The van der Waals surface area contributed by atoms with Crippen LogP contribution in [0.5, 0.6) is 5.88 Å². The third-order valence-electron chi connectivity index (χ3n) is 5.61. The maximum atomic E-state index is 12.7. The molecule has 3 heterocycles. The maximum absolute atomic E-state index is 12.7. The second-order valence-electron chi connectivity index (χ2n) is 7.64. The van der Waals surface area contributed by atoms with Crippen LogP contribution in [0, 0.1) is 6.92 Å². The van der Waals surface area contributed by atoms with Crippen molar-refractivity contribution in [2.75, 3.05) is 18.5 Å². The van der Waals surface area contributed by atoms with Gasteiger partial charge in [-0.3, -0.25) is 9.79 Å². The molecule has 1 N–H and O–H groups in total. The molecule has 1 aromatic heterocycles. The van der Waals surface area contributed by atoms with Crippen molar-refractivity contribution in [1.82, 2.24) is 4.98 Å². The first kappa shape index (κ1) is 18.1. The van der Waals surface area contributed by atoms with E-state index in [1.54, 1.807) is 6.20 Å². The molecule has 5 rings (SSSR count). The number of halogens is 1. The fourth-order valence-electron chi connectivity index (χ4n) is 4.14. The number of carbonyl (C=O) groups excluding carboxylic acids is 1. The lowest BCUT2D eigenvalue weighted by molar-refractivity contribution is -0.112. The molecule has 0 saturated carbocycles. The maximum Gasteiger partial charge on any atom is 0.237 e. The van der Waals surface area contributed by atoms with E-state index in [-0.39, 0.29) is 5.78 Å². The van der Waals surface area contributed by atoms with Crippen molar-refractivity contribution in [2.24, 2.45) is 4.99 Å². The molecule has 0 saturated heterocycles. The number of ketones is 1. The highest BCUT2D eigenvalue weighted by molar-refractivity contribution is 6.34. The van der Waals surface area contributed by atoms with Crippen molar-refractivity contribution in [3.8, 4) is 17.0 Å². The molecule has 146 valence electrons. The highest BCUT2D eigenvalue weighted by Crippen LogP contribution is 2.42. The number of fused-ring (bicyclic) bond motifs is 2. The number of pyridine rings is 1. The second-order valence-corrected chi connectivity index (χ2v) is 8.05. The predicted octanol–water partition coefficient (Wildman–Crippen LogP) is 4.77. The van der Waals surface area contributed by atoms with Crippen LogP contribution in [0.15, 0.2) is 41.2 Å². The van der Waals surface area contributed by atoms with E-state index in [0.717, 1.165) is 63.3 Å². The van der Waals surface area contributed by atoms with Gasteiger partial charge in [-0.2, -0.15) is 0 Å². The number of aromatic nitrogens is 1. The minimum atomic E-state index is 0.119. The molecule has 0 atom stereocenters. The van der Waals surface area contributed by atoms with Crippen LogP contribution >= 0.6 is 11.6 Å². The van der Waals surface area contributed by atoms with Gasteiger partial charge in [-0.05, 0) is 54.3 Å². The molecule has 1 aliphatic carbocycles. The van der Waals surface area contributed by atoms with Gasteiger partial charge in [-0.1, -0.05) is 11.6 Å². The van der Waals surface area contributed by atoms with Crippen LogP contribution in [0.2, 0.25) is 5.02 Å². The van der Waals surface area contributed by atoms with Crippen LogP contribution < -0.4 is 10.1 Å². The summed E-state index contributed by atoms with van der Waals surface area (Å²) in [6.45, 7) is 5.38. The topological polar surface area (TPSA) is 63.6 Å². The molecule has 6 heteroatoms. The number of hydrogen-bond acceptors (Lipinski definition) is 5. The SMILES string of the molecule is CC1=NC=C(/C=C2\C(=O)Cc3cc(Cl)c(-c4cnc5c(c4C)NCCO5)cc32)C1. The summed E-state index contributed by atoms with van der Waals surface area (Å²) in [5, 5.41) is 3.99. The molecule has 0 bridgehead atoms. The number of ether oxygens (including phenoxy) is 1. The zero-order chi connectivity index (χ0) is 20.1. The van der Waals surface area contributed by atoms with E-state index in [2.05, 4.69) is 15.3 Å². The Balaban J connectivity index is 1.61. The quantitative estimate of drug-likeness (QED) is 0.731. The van der Waals surface area contributed by atoms with Gasteiger partial charge in [0.2, 0.25) is 5.88 Å². The van der Waals surface area contributed by atoms with E-state index in [1.165, 1.54) is 0 Å². The predicted molar refractivity (Wildman–Crippen MR) is 116 cm³/mol. The second kappa shape index (κ2) is 6.85. The summed E-state index contributed by atoms with van der Waals surface area (Å²) in [4.78, 5) is 21.5. The van der Waals surface area contributed by atoms with Gasteiger partial charge >= 0.3 is 0 Å². The van der Waals surface area contributed by atoms with Crippen LogP contribution in [0.1, 0.15) is 30.0 Å². The molecule has 0 amide bonds. The number of rotatable bonds is 2. The summed E-state index contributed by atoms with van der Waals surface area (Å²) in [5.41, 5.74) is 8.52. The van der Waals surface area contributed by atoms with E-state index in [9.17, 15) is 4.79 Å². The molecule has 0 fully saturated rings. The lowest BCUT2D eigenvalue weighted by Crippen LogP contribution is -2.20. The summed E-state index contributed by atoms with van der Waals surface area (Å²) < 4.78 is 5.64. The Kier molecular flexibility index (Phi) is 4.28. The van der Waals surface area contributed by atoms with Gasteiger partial charge in [-0.15, -0.1) is 0 Å². The molecular formula is C23H20ClN3O2. The molecule has 0 spiro atoms. The number of carbonyl (C=O) groups is 1. The summed E-state index contributed by atoms with van der Waals surface area (Å²) >= 11 is 6.64. The minimum absolute atomic E-state index is 0.119. The van der Waals surface area contributed by atoms with Gasteiger partial charge in [0.05, 0.1) is 0 Å². The molecule has 29 heavy (non-hydrogen) atoms. The first-order valence-electron chi connectivity index (χ1n) is 9.68. The minimum Gasteiger partial charge on any atom is -0.474 e. The summed E-state index contributed by atoms with van der Waals surface area (Å²) in [7, 11) is 0. The zero-order valence-electron chi connectivity index (χ0n) is 16.3. The van der Waals surface area contributed by atoms with Crippen LogP contribution in [0.3, 0.4) is 0 Å². The number of aliphatic imine (C=N–C) groups is 1. The van der Waals surface area contributed by atoms with Gasteiger partial charge in [0, 0.05) is 59.2 Å². The molecule has 3 aliphatic rings. The molecule has 0 unspecified atom stereocenters. The van der Waals surface area contributed by atoms with E-state index in [4.69, 9.17) is 16.3 Å². The van der Waals surface area contributed by atoms with Crippen LogP contribution in [-0.2, 0) is 11.2 Å². The van der Waals surface area contributed by atoms with Crippen molar-refractivity contribution >= 4 is 34.4 Å². The Morgan fingerprint density at radius 3 is 2.83 bits per heavy atom. The average Bonchev–Trinajstić information content (AvgIpc) is 3.25. The fraction of sp³-hybridized carbons (Fsp3) is 0.261. The van der Waals surface area contributed by atoms with Gasteiger partial charge in [-0.25, -0.2) is 4.98 Å². The number of Topliss-reactive ketones (excluding diaryl/α,β-unsaturated/α-hetero) is 1. The number of nitrogens with one attached hydrogen (secondary N) is 1. The van der Waals surface area contributed by atoms with Gasteiger partial charge in [0.25, 0.3) is 0 Å². The summed E-state index contributed by atoms with van der Waals surface area (Å²) in [6, 6.07) is 3.94. The summed E-state index contributed by atoms with van der Waals surface area (Å²) in [6.07, 6.45) is 6.77. The normalized spacial score (nSPS) is 18.7. The average molecular weight is 406 g/mol. The van der Waals surface area contributed by atoms with E-state index >= 15 is 0 Å². The van der Waals surface area contributed by atoms with Crippen LogP contribution in [0.4, 0.5) is 5.69 Å². The highest BCUT2D eigenvalue weighted by atomic mass is 35.5. The van der Waals surface area contributed by atoms with Gasteiger partial charge < -0.3 is 10.1 Å². The Morgan fingerprint density at radius 1 is 1.17 bits per heavy atom. The van der Waals surface area contributed by atoms with Gasteiger partial charge in [0.15, 0.2) is 5.78 Å². The monoisotopic (exact) mass is 405 g/mol. The van der Waals surface area contributed by atoms with E-state index in [0.29, 0.717) is 23.9 Å². The Bertz CT molecular complexity index is 1160. The van der Waals surface area contributed by atoms with Crippen molar-refractivity contribution in [1.29, 1.82) is 0 Å². The highest BCUT2D eigenvalue weighted by Gasteiger charge is 2.28. The number of hydrogen-bond donors (Lipinski definition) is 1. The van der Waals surface area contributed by atoms with Crippen LogP contribution in [-0.4, -0.2) is 29.6 Å². The zero-order valence-corrected chi connectivity index (χ0v) is 17.1.